The molecule has 0 saturated carbocycles. The minimum Gasteiger partial charge on any atom is -0.493 e. The Kier molecular flexibility index (Phi) is 6.62. The molecule has 0 N–H and O–H groups in total. The molecule has 2 rings (SSSR count). The number of hydrogen-bond acceptors (Lipinski definition) is 3. The summed E-state index contributed by atoms with van der Waals surface area (Å²) in [7, 11) is 0. The van der Waals surface area contributed by atoms with Crippen molar-refractivity contribution in [3.63, 3.8) is 0 Å². The van der Waals surface area contributed by atoms with Crippen LogP contribution in [-0.2, 0) is 4.74 Å². The lowest BCUT2D eigenvalue weighted by molar-refractivity contribution is 0.0144. The second-order valence-electron chi connectivity index (χ2n) is 5.73. The first-order valence-electron chi connectivity index (χ1n) is 7.46. The van der Waals surface area contributed by atoms with Crippen LogP contribution in [0.3, 0.4) is 0 Å². The molecule has 0 bridgehead atoms. The summed E-state index contributed by atoms with van der Waals surface area (Å²) in [5.41, 5.74) is 0. The van der Waals surface area contributed by atoms with Crippen LogP contribution in [0, 0.1) is 5.92 Å². The monoisotopic (exact) mass is 331 g/mol. The Hall–Kier alpha value is -0.480. The van der Waals surface area contributed by atoms with Crippen LogP contribution in [0.1, 0.15) is 20.3 Å². The van der Waals surface area contributed by atoms with E-state index >= 15 is 0 Å². The first-order chi connectivity index (χ1) is 10.1. The average molecular weight is 332 g/mol. The van der Waals surface area contributed by atoms with E-state index in [1.807, 2.05) is 6.07 Å². The minimum absolute atomic E-state index is 0.484. The molecule has 1 aliphatic heterocycles. The van der Waals surface area contributed by atoms with Crippen molar-refractivity contribution >= 4 is 23.2 Å². The van der Waals surface area contributed by atoms with Crippen LogP contribution in [0.5, 0.6) is 5.75 Å². The van der Waals surface area contributed by atoms with Gasteiger partial charge < -0.3 is 9.47 Å². The van der Waals surface area contributed by atoms with Gasteiger partial charge in [-0.1, -0.05) is 30.1 Å². The van der Waals surface area contributed by atoms with Crippen LogP contribution >= 0.6 is 23.2 Å². The summed E-state index contributed by atoms with van der Waals surface area (Å²) in [6.07, 6.45) is 1.11. The lowest BCUT2D eigenvalue weighted by Crippen LogP contribution is -2.43. The van der Waals surface area contributed by atoms with Crippen LogP contribution < -0.4 is 4.74 Å². The molecule has 21 heavy (non-hydrogen) atoms. The van der Waals surface area contributed by atoms with E-state index in [4.69, 9.17) is 32.7 Å². The highest BCUT2D eigenvalue weighted by Gasteiger charge is 2.19. The summed E-state index contributed by atoms with van der Waals surface area (Å²) in [6.45, 7) is 8.93. The number of rotatable bonds is 6. The Morgan fingerprint density at radius 2 is 1.90 bits per heavy atom. The van der Waals surface area contributed by atoms with E-state index in [0.717, 1.165) is 38.5 Å². The minimum atomic E-state index is 0.484. The zero-order valence-corrected chi connectivity index (χ0v) is 14.2. The third-order valence-electron chi connectivity index (χ3n) is 3.84. The highest BCUT2D eigenvalue weighted by molar-refractivity contribution is 6.42. The van der Waals surface area contributed by atoms with Gasteiger partial charge in [-0.15, -0.1) is 0 Å². The van der Waals surface area contributed by atoms with Gasteiger partial charge in [-0.3, -0.25) is 4.90 Å². The molecule has 1 aliphatic rings. The Labute approximate surface area is 137 Å². The van der Waals surface area contributed by atoms with Crippen molar-refractivity contribution in [3.8, 4) is 5.75 Å². The molecule has 2 atom stereocenters. The molecule has 3 nitrogen and oxygen atoms in total. The summed E-state index contributed by atoms with van der Waals surface area (Å²) in [6, 6.07) is 5.94. The highest BCUT2D eigenvalue weighted by atomic mass is 35.5. The van der Waals surface area contributed by atoms with Crippen molar-refractivity contribution in [1.82, 2.24) is 4.90 Å². The lowest BCUT2D eigenvalue weighted by atomic mass is 10.0. The predicted octanol–water partition coefficient (Wildman–Crippen LogP) is 4.12. The molecule has 1 saturated heterocycles. The van der Waals surface area contributed by atoms with Gasteiger partial charge in [0.2, 0.25) is 0 Å². The van der Waals surface area contributed by atoms with Crippen molar-refractivity contribution in [1.29, 1.82) is 0 Å². The van der Waals surface area contributed by atoms with Crippen LogP contribution in [0.4, 0.5) is 0 Å². The van der Waals surface area contributed by atoms with Gasteiger partial charge >= 0.3 is 0 Å². The van der Waals surface area contributed by atoms with Gasteiger partial charge in [-0.05, 0) is 31.4 Å². The molecule has 0 aliphatic carbocycles. The second-order valence-corrected chi connectivity index (χ2v) is 6.54. The molecular formula is C16H23Cl2NO2. The third kappa shape index (κ3) is 5.33. The van der Waals surface area contributed by atoms with Crippen molar-refractivity contribution in [2.75, 3.05) is 32.9 Å². The van der Waals surface area contributed by atoms with E-state index in [9.17, 15) is 0 Å². The van der Waals surface area contributed by atoms with Gasteiger partial charge in [0.25, 0.3) is 0 Å². The molecule has 1 aromatic carbocycles. The molecule has 0 aromatic heterocycles. The zero-order chi connectivity index (χ0) is 15.2. The van der Waals surface area contributed by atoms with Gasteiger partial charge in [-0.2, -0.15) is 0 Å². The smallest absolute Gasteiger partial charge is 0.120 e. The van der Waals surface area contributed by atoms with E-state index in [0.29, 0.717) is 28.6 Å². The van der Waals surface area contributed by atoms with Crippen LogP contribution in [0.2, 0.25) is 10.0 Å². The summed E-state index contributed by atoms with van der Waals surface area (Å²) < 4.78 is 11.2. The molecule has 1 fully saturated rings. The fraction of sp³-hybridized carbons (Fsp3) is 0.625. The Bertz CT molecular complexity index is 450. The number of benzene rings is 1. The van der Waals surface area contributed by atoms with Crippen molar-refractivity contribution in [2.24, 2.45) is 5.92 Å². The number of nitrogens with zero attached hydrogens (tertiary/aromatic N) is 1. The normalized spacial score (nSPS) is 19.2. The maximum absolute atomic E-state index is 5.98. The largest absolute Gasteiger partial charge is 0.493 e. The topological polar surface area (TPSA) is 21.7 Å². The number of halogens is 2. The SMILES string of the molecule is CC(COc1ccc(Cl)c(Cl)c1)CC(C)N1CCOCC1. The van der Waals surface area contributed by atoms with Crippen LogP contribution in [0.15, 0.2) is 18.2 Å². The van der Waals surface area contributed by atoms with Gasteiger partial charge in [0.1, 0.15) is 5.75 Å². The first-order valence-corrected chi connectivity index (χ1v) is 8.21. The van der Waals surface area contributed by atoms with E-state index < -0.39 is 0 Å². The molecule has 118 valence electrons. The standard InChI is InChI=1S/C16H23Cl2NO2/c1-12(9-13(2)19-5-7-20-8-6-19)11-21-14-3-4-15(17)16(18)10-14/h3-4,10,12-13H,5-9,11H2,1-2H3. The molecule has 2 unspecified atom stereocenters. The van der Waals surface area contributed by atoms with E-state index in [-0.39, 0.29) is 0 Å². The molecule has 5 heteroatoms. The number of ether oxygens (including phenoxy) is 2. The second kappa shape index (κ2) is 8.23. The molecule has 1 heterocycles. The van der Waals surface area contributed by atoms with Crippen molar-refractivity contribution in [2.45, 2.75) is 26.3 Å². The maximum atomic E-state index is 5.98. The predicted molar refractivity (Wildman–Crippen MR) is 87.6 cm³/mol. The highest BCUT2D eigenvalue weighted by Crippen LogP contribution is 2.26. The van der Waals surface area contributed by atoms with Gasteiger partial charge in [0.05, 0.1) is 29.9 Å². The third-order valence-corrected chi connectivity index (χ3v) is 4.58. The summed E-state index contributed by atoms with van der Waals surface area (Å²) in [5.74, 6) is 1.26. The van der Waals surface area contributed by atoms with Gasteiger partial charge in [0.15, 0.2) is 0 Å². The number of hydrogen-bond donors (Lipinski definition) is 0. The van der Waals surface area contributed by atoms with E-state index in [1.54, 1.807) is 12.1 Å². The van der Waals surface area contributed by atoms with E-state index in [2.05, 4.69) is 18.7 Å². The Morgan fingerprint density at radius 1 is 1.19 bits per heavy atom. The lowest BCUT2D eigenvalue weighted by Gasteiger charge is -2.33. The fourth-order valence-corrected chi connectivity index (χ4v) is 2.91. The van der Waals surface area contributed by atoms with Crippen molar-refractivity contribution < 1.29 is 9.47 Å². The van der Waals surface area contributed by atoms with E-state index in [1.165, 1.54) is 0 Å². The van der Waals surface area contributed by atoms with Crippen LogP contribution in [0.25, 0.3) is 0 Å². The molecular weight excluding hydrogens is 309 g/mol. The van der Waals surface area contributed by atoms with Crippen LogP contribution in [-0.4, -0.2) is 43.9 Å². The summed E-state index contributed by atoms with van der Waals surface area (Å²) in [4.78, 5) is 2.49. The molecule has 0 spiro atoms. The summed E-state index contributed by atoms with van der Waals surface area (Å²) >= 11 is 11.9. The Balaban J connectivity index is 1.75. The molecule has 0 amide bonds. The Morgan fingerprint density at radius 3 is 2.57 bits per heavy atom. The fourth-order valence-electron chi connectivity index (χ4n) is 2.62. The molecule has 0 radical (unpaired) electrons. The molecule has 1 aromatic rings. The van der Waals surface area contributed by atoms with Gasteiger partial charge in [-0.25, -0.2) is 0 Å². The average Bonchev–Trinajstić information content (AvgIpc) is 2.49. The zero-order valence-electron chi connectivity index (χ0n) is 12.6. The van der Waals surface area contributed by atoms with Crippen molar-refractivity contribution in [3.05, 3.63) is 28.2 Å². The maximum Gasteiger partial charge on any atom is 0.120 e. The van der Waals surface area contributed by atoms with Gasteiger partial charge in [0, 0.05) is 25.2 Å². The quantitative estimate of drug-likeness (QED) is 0.782. The summed E-state index contributed by atoms with van der Waals surface area (Å²) in [5, 5.41) is 1.08. The first kappa shape index (κ1) is 16.9. The number of morpholine rings is 1.